The SMILES string of the molecule is COc1cc(Nc2ncccc2-c2nc(N(Cc3ccco3)c3ccccc3N)n[nH]2)cc(OC)c1. The van der Waals surface area contributed by atoms with Crippen LogP contribution in [-0.4, -0.2) is 34.4 Å². The van der Waals surface area contributed by atoms with Crippen molar-refractivity contribution in [3.63, 3.8) is 0 Å². The van der Waals surface area contributed by atoms with E-state index < -0.39 is 0 Å². The molecule has 0 aliphatic carbocycles. The quantitative estimate of drug-likeness (QED) is 0.244. The number of para-hydroxylation sites is 2. The van der Waals surface area contributed by atoms with Crippen LogP contribution in [0, 0.1) is 0 Å². The van der Waals surface area contributed by atoms with E-state index in [0.29, 0.717) is 41.3 Å². The lowest BCUT2D eigenvalue weighted by Crippen LogP contribution is -2.18. The Hall–Kier alpha value is -4.99. The van der Waals surface area contributed by atoms with Gasteiger partial charge in [0.05, 0.1) is 44.0 Å². The zero-order valence-electron chi connectivity index (χ0n) is 19.8. The van der Waals surface area contributed by atoms with Gasteiger partial charge in [-0.2, -0.15) is 4.98 Å². The first-order valence-electron chi connectivity index (χ1n) is 11.2. The molecule has 3 heterocycles. The molecule has 5 aromatic rings. The van der Waals surface area contributed by atoms with Gasteiger partial charge >= 0.3 is 0 Å². The number of rotatable bonds is 9. The number of methoxy groups -OCH3 is 2. The van der Waals surface area contributed by atoms with E-state index in [1.165, 1.54) is 0 Å². The minimum absolute atomic E-state index is 0.403. The minimum atomic E-state index is 0.403. The van der Waals surface area contributed by atoms with E-state index in [9.17, 15) is 0 Å². The van der Waals surface area contributed by atoms with Gasteiger partial charge in [-0.3, -0.25) is 10.00 Å². The predicted octanol–water partition coefficient (Wildman–Crippen LogP) is 5.14. The van der Waals surface area contributed by atoms with Crippen LogP contribution in [0.15, 0.2) is 83.6 Å². The van der Waals surface area contributed by atoms with Gasteiger partial charge in [-0.05, 0) is 36.4 Å². The van der Waals surface area contributed by atoms with Crippen molar-refractivity contribution in [1.29, 1.82) is 0 Å². The number of ether oxygens (including phenoxy) is 2. The molecule has 2 aromatic carbocycles. The normalized spacial score (nSPS) is 10.7. The highest BCUT2D eigenvalue weighted by atomic mass is 16.5. The van der Waals surface area contributed by atoms with Crippen molar-refractivity contribution in [2.45, 2.75) is 6.54 Å². The lowest BCUT2D eigenvalue weighted by molar-refractivity contribution is 0.395. The third-order valence-electron chi connectivity index (χ3n) is 5.51. The molecule has 0 bridgehead atoms. The monoisotopic (exact) mass is 483 g/mol. The second-order valence-electron chi connectivity index (χ2n) is 7.83. The number of pyridine rings is 1. The number of hydrogen-bond donors (Lipinski definition) is 3. The summed E-state index contributed by atoms with van der Waals surface area (Å²) in [5, 5.41) is 10.9. The number of aromatic amines is 1. The summed E-state index contributed by atoms with van der Waals surface area (Å²) in [6, 6.07) is 20.6. The number of nitrogens with two attached hydrogens (primary N) is 1. The highest BCUT2D eigenvalue weighted by Crippen LogP contribution is 2.34. The molecule has 3 aromatic heterocycles. The molecule has 0 aliphatic heterocycles. The maximum atomic E-state index is 6.28. The van der Waals surface area contributed by atoms with Crippen LogP contribution in [0.1, 0.15) is 5.76 Å². The van der Waals surface area contributed by atoms with E-state index in [2.05, 4.69) is 20.5 Å². The molecule has 182 valence electrons. The Balaban J connectivity index is 1.50. The van der Waals surface area contributed by atoms with Gasteiger partial charge in [0.25, 0.3) is 0 Å². The molecule has 0 spiro atoms. The van der Waals surface area contributed by atoms with Crippen molar-refractivity contribution in [2.24, 2.45) is 0 Å². The first kappa shape index (κ1) is 22.8. The topological polar surface area (TPSA) is 127 Å². The summed E-state index contributed by atoms with van der Waals surface area (Å²) in [6.45, 7) is 0.403. The number of furan rings is 1. The molecule has 0 aliphatic rings. The Kier molecular flexibility index (Phi) is 6.39. The molecule has 36 heavy (non-hydrogen) atoms. The zero-order valence-corrected chi connectivity index (χ0v) is 19.8. The van der Waals surface area contributed by atoms with Gasteiger partial charge in [0.1, 0.15) is 23.1 Å². The van der Waals surface area contributed by atoms with Gasteiger partial charge < -0.3 is 24.9 Å². The summed E-state index contributed by atoms with van der Waals surface area (Å²) in [5.41, 5.74) is 9.14. The van der Waals surface area contributed by atoms with Crippen molar-refractivity contribution >= 4 is 28.8 Å². The fraction of sp³-hybridized carbons (Fsp3) is 0.115. The molecular weight excluding hydrogens is 458 g/mol. The lowest BCUT2D eigenvalue weighted by atomic mass is 10.2. The zero-order chi connectivity index (χ0) is 24.9. The van der Waals surface area contributed by atoms with Crippen LogP contribution in [-0.2, 0) is 6.54 Å². The van der Waals surface area contributed by atoms with Crippen LogP contribution in [0.5, 0.6) is 11.5 Å². The molecule has 0 fully saturated rings. The maximum Gasteiger partial charge on any atom is 0.250 e. The highest BCUT2D eigenvalue weighted by Gasteiger charge is 2.20. The predicted molar refractivity (Wildman–Crippen MR) is 138 cm³/mol. The van der Waals surface area contributed by atoms with E-state index in [0.717, 1.165) is 22.7 Å². The van der Waals surface area contributed by atoms with E-state index >= 15 is 0 Å². The lowest BCUT2D eigenvalue weighted by Gasteiger charge is -2.21. The van der Waals surface area contributed by atoms with Crippen molar-refractivity contribution < 1.29 is 13.9 Å². The molecular formula is C26H25N7O3. The smallest absolute Gasteiger partial charge is 0.250 e. The first-order valence-corrected chi connectivity index (χ1v) is 11.2. The number of nitrogens with one attached hydrogen (secondary N) is 2. The average Bonchev–Trinajstić information content (AvgIpc) is 3.60. The second-order valence-corrected chi connectivity index (χ2v) is 7.83. The van der Waals surface area contributed by atoms with Crippen LogP contribution in [0.3, 0.4) is 0 Å². The molecule has 0 saturated carbocycles. The maximum absolute atomic E-state index is 6.28. The summed E-state index contributed by atoms with van der Waals surface area (Å²) < 4.78 is 16.3. The van der Waals surface area contributed by atoms with Gasteiger partial charge in [0.2, 0.25) is 5.95 Å². The van der Waals surface area contributed by atoms with Crippen LogP contribution in [0.4, 0.5) is 28.8 Å². The van der Waals surface area contributed by atoms with Gasteiger partial charge in [-0.1, -0.05) is 12.1 Å². The van der Waals surface area contributed by atoms with Crippen LogP contribution in [0.2, 0.25) is 0 Å². The molecule has 4 N–H and O–H groups in total. The third-order valence-corrected chi connectivity index (χ3v) is 5.51. The van der Waals surface area contributed by atoms with E-state index in [4.69, 9.17) is 24.6 Å². The van der Waals surface area contributed by atoms with Gasteiger partial charge in [-0.15, -0.1) is 5.10 Å². The molecule has 0 saturated heterocycles. The summed E-state index contributed by atoms with van der Waals surface area (Å²) in [6.07, 6.45) is 3.33. The molecule has 0 amide bonds. The van der Waals surface area contributed by atoms with Crippen LogP contribution >= 0.6 is 0 Å². The Morgan fingerprint density at radius 2 is 1.81 bits per heavy atom. The Morgan fingerprint density at radius 1 is 1.00 bits per heavy atom. The van der Waals surface area contributed by atoms with Crippen molar-refractivity contribution in [3.05, 3.63) is 85.0 Å². The Labute approximate surface area is 207 Å². The molecule has 0 unspecified atom stereocenters. The number of aromatic nitrogens is 4. The molecule has 10 nitrogen and oxygen atoms in total. The highest BCUT2D eigenvalue weighted by molar-refractivity contribution is 5.77. The first-order chi connectivity index (χ1) is 17.6. The van der Waals surface area contributed by atoms with E-state index in [1.54, 1.807) is 32.7 Å². The number of nitrogen functional groups attached to an aromatic ring is 1. The van der Waals surface area contributed by atoms with Crippen molar-refractivity contribution in [1.82, 2.24) is 20.2 Å². The fourth-order valence-electron chi connectivity index (χ4n) is 3.76. The number of nitrogens with zero attached hydrogens (tertiary/aromatic N) is 4. The summed E-state index contributed by atoms with van der Waals surface area (Å²) in [4.78, 5) is 11.2. The molecule has 0 atom stereocenters. The van der Waals surface area contributed by atoms with Gasteiger partial charge in [0, 0.05) is 30.1 Å². The number of benzene rings is 2. The van der Waals surface area contributed by atoms with E-state index in [-0.39, 0.29) is 0 Å². The van der Waals surface area contributed by atoms with Crippen LogP contribution < -0.4 is 25.4 Å². The largest absolute Gasteiger partial charge is 0.497 e. The minimum Gasteiger partial charge on any atom is -0.497 e. The third kappa shape index (κ3) is 4.78. The summed E-state index contributed by atoms with van der Waals surface area (Å²) in [5.74, 6) is 3.63. The number of hydrogen-bond acceptors (Lipinski definition) is 9. The molecule has 5 rings (SSSR count). The summed E-state index contributed by atoms with van der Waals surface area (Å²) >= 11 is 0. The Morgan fingerprint density at radius 3 is 2.53 bits per heavy atom. The number of H-pyrrole nitrogens is 1. The van der Waals surface area contributed by atoms with Gasteiger partial charge in [0.15, 0.2) is 5.82 Å². The second kappa shape index (κ2) is 10.1. The molecule has 10 heteroatoms. The fourth-order valence-corrected chi connectivity index (χ4v) is 3.76. The summed E-state index contributed by atoms with van der Waals surface area (Å²) in [7, 11) is 3.21. The number of anilines is 5. The van der Waals surface area contributed by atoms with Crippen molar-refractivity contribution in [2.75, 3.05) is 30.2 Å². The Bertz CT molecular complexity index is 1430. The van der Waals surface area contributed by atoms with Gasteiger partial charge in [-0.25, -0.2) is 4.98 Å². The van der Waals surface area contributed by atoms with Crippen LogP contribution in [0.25, 0.3) is 11.4 Å². The average molecular weight is 484 g/mol. The van der Waals surface area contributed by atoms with E-state index in [1.807, 2.05) is 65.6 Å². The molecule has 0 radical (unpaired) electrons. The standard InChI is InChI=1S/C26H25N7O3/c1-34-19-13-17(14-20(15-19)35-2)29-24-21(8-5-11-28-24)25-30-26(32-31-25)33(16-18-7-6-12-36-18)23-10-4-3-9-22(23)27/h3-15H,16,27H2,1-2H3,(H,28,29)(H,30,31,32). The van der Waals surface area contributed by atoms with Crippen molar-refractivity contribution in [3.8, 4) is 22.9 Å².